The largest absolute Gasteiger partial charge is 0.469 e. The fourth-order valence-corrected chi connectivity index (χ4v) is 3.68. The van der Waals surface area contributed by atoms with Gasteiger partial charge in [-0.25, -0.2) is 0 Å². The lowest BCUT2D eigenvalue weighted by molar-refractivity contribution is -0.153. The Morgan fingerprint density at radius 3 is 1.74 bits per heavy atom. The summed E-state index contributed by atoms with van der Waals surface area (Å²) < 4.78 is 4.75. The summed E-state index contributed by atoms with van der Waals surface area (Å²) in [5.41, 5.74) is -0.346. The van der Waals surface area contributed by atoms with E-state index in [1.807, 2.05) is 19.9 Å². The highest BCUT2D eigenvalue weighted by Gasteiger charge is 2.35. The van der Waals surface area contributed by atoms with E-state index < -0.39 is 0 Å². The molecule has 2 saturated carbocycles. The molecule has 0 aromatic carbocycles. The molecule has 2 aliphatic rings. The molecule has 0 aromatic heterocycles. The van der Waals surface area contributed by atoms with Gasteiger partial charge < -0.3 is 4.74 Å². The third kappa shape index (κ3) is 5.64. The van der Waals surface area contributed by atoms with Gasteiger partial charge in [0.2, 0.25) is 0 Å². The standard InChI is InChI=1S/C10H15NO.C9H16O2/c1-10(9(12)5-8-11)6-3-2-4-7-10;1-9(8(10)11-2)6-4-3-5-7-9/h2-7H2,1H3;3-7H2,1-2H3. The highest BCUT2D eigenvalue weighted by atomic mass is 16.5. The van der Waals surface area contributed by atoms with Gasteiger partial charge in [0.25, 0.3) is 0 Å². The first-order chi connectivity index (χ1) is 10.9. The highest BCUT2D eigenvalue weighted by Crippen LogP contribution is 2.37. The van der Waals surface area contributed by atoms with Crippen LogP contribution < -0.4 is 0 Å². The van der Waals surface area contributed by atoms with E-state index in [2.05, 4.69) is 0 Å². The molecular weight excluding hydrogens is 290 g/mol. The molecule has 0 radical (unpaired) electrons. The summed E-state index contributed by atoms with van der Waals surface area (Å²) >= 11 is 0. The minimum absolute atomic E-state index is 0.0304. The Hall–Kier alpha value is -1.37. The van der Waals surface area contributed by atoms with Crippen LogP contribution in [0.1, 0.15) is 84.5 Å². The number of nitrogens with zero attached hydrogens (tertiary/aromatic N) is 1. The monoisotopic (exact) mass is 321 g/mol. The van der Waals surface area contributed by atoms with Crippen molar-refractivity contribution in [2.75, 3.05) is 7.11 Å². The molecule has 4 nitrogen and oxygen atoms in total. The number of methoxy groups -OCH3 is 1. The van der Waals surface area contributed by atoms with Gasteiger partial charge in [-0.1, -0.05) is 45.4 Å². The minimum atomic E-state index is -0.174. The molecule has 0 bridgehead atoms. The SMILES string of the molecule is CC1(C(=O)CC#N)CCCCC1.COC(=O)C1(C)CCCCC1. The van der Waals surface area contributed by atoms with Crippen molar-refractivity contribution in [3.63, 3.8) is 0 Å². The van der Waals surface area contributed by atoms with E-state index in [-0.39, 0.29) is 29.0 Å². The Morgan fingerprint density at radius 2 is 1.35 bits per heavy atom. The maximum Gasteiger partial charge on any atom is 0.311 e. The average molecular weight is 321 g/mol. The molecule has 2 aliphatic carbocycles. The smallest absolute Gasteiger partial charge is 0.311 e. The van der Waals surface area contributed by atoms with Gasteiger partial charge in [-0.05, 0) is 32.6 Å². The summed E-state index contributed by atoms with van der Waals surface area (Å²) in [5, 5.41) is 8.41. The quantitative estimate of drug-likeness (QED) is 0.714. The Morgan fingerprint density at radius 1 is 0.913 bits per heavy atom. The number of ether oxygens (including phenoxy) is 1. The minimum Gasteiger partial charge on any atom is -0.469 e. The number of Topliss-reactive ketones (excluding diaryl/α,β-unsaturated/α-hetero) is 1. The number of hydrogen-bond donors (Lipinski definition) is 0. The molecule has 2 fully saturated rings. The summed E-state index contributed by atoms with van der Waals surface area (Å²) in [4.78, 5) is 22.8. The summed E-state index contributed by atoms with van der Waals surface area (Å²) in [7, 11) is 1.47. The molecule has 0 atom stereocenters. The molecule has 0 aliphatic heterocycles. The summed E-state index contributed by atoms with van der Waals surface area (Å²) in [5.74, 6) is 0.113. The van der Waals surface area contributed by atoms with Crippen molar-refractivity contribution in [3.05, 3.63) is 0 Å². The zero-order chi connectivity index (χ0) is 17.3. The van der Waals surface area contributed by atoms with Crippen molar-refractivity contribution in [3.8, 4) is 6.07 Å². The van der Waals surface area contributed by atoms with Crippen molar-refractivity contribution in [2.45, 2.75) is 84.5 Å². The average Bonchev–Trinajstić information content (AvgIpc) is 2.56. The first-order valence-electron chi connectivity index (χ1n) is 8.87. The Bertz CT molecular complexity index is 438. The van der Waals surface area contributed by atoms with Crippen LogP contribution in [0.15, 0.2) is 0 Å². The number of esters is 1. The molecule has 0 heterocycles. The Kier molecular flexibility index (Phi) is 7.75. The van der Waals surface area contributed by atoms with Crippen LogP contribution in [0.4, 0.5) is 0 Å². The second kappa shape index (κ2) is 9.05. The molecule has 0 aromatic rings. The maximum absolute atomic E-state index is 11.5. The van der Waals surface area contributed by atoms with E-state index in [1.165, 1.54) is 32.8 Å². The third-order valence-electron chi connectivity index (χ3n) is 5.51. The number of hydrogen-bond acceptors (Lipinski definition) is 4. The number of carbonyl (C=O) groups is 2. The zero-order valence-electron chi connectivity index (χ0n) is 15.0. The summed E-state index contributed by atoms with van der Waals surface area (Å²) in [6.07, 6.45) is 11.2. The van der Waals surface area contributed by atoms with Gasteiger partial charge in [0, 0.05) is 5.41 Å². The fourth-order valence-electron chi connectivity index (χ4n) is 3.68. The lowest BCUT2D eigenvalue weighted by Crippen LogP contribution is -2.31. The van der Waals surface area contributed by atoms with Crippen molar-refractivity contribution in [1.29, 1.82) is 5.26 Å². The van der Waals surface area contributed by atoms with Gasteiger partial charge in [-0.15, -0.1) is 0 Å². The van der Waals surface area contributed by atoms with Crippen LogP contribution in [-0.4, -0.2) is 18.9 Å². The van der Waals surface area contributed by atoms with Crippen molar-refractivity contribution >= 4 is 11.8 Å². The van der Waals surface area contributed by atoms with Crippen LogP contribution in [-0.2, 0) is 14.3 Å². The molecule has 0 unspecified atom stereocenters. The van der Waals surface area contributed by atoms with Crippen LogP contribution in [0.25, 0.3) is 0 Å². The van der Waals surface area contributed by atoms with E-state index in [9.17, 15) is 9.59 Å². The van der Waals surface area contributed by atoms with Gasteiger partial charge in [-0.3, -0.25) is 9.59 Å². The normalized spacial score (nSPS) is 22.0. The van der Waals surface area contributed by atoms with Gasteiger partial charge in [0.1, 0.15) is 0 Å². The van der Waals surface area contributed by atoms with Gasteiger partial charge in [0.05, 0.1) is 25.0 Å². The first kappa shape index (κ1) is 19.7. The van der Waals surface area contributed by atoms with Gasteiger partial charge in [0.15, 0.2) is 5.78 Å². The number of ketones is 1. The Balaban J connectivity index is 0.000000231. The maximum atomic E-state index is 11.5. The lowest BCUT2D eigenvalue weighted by Gasteiger charge is -2.31. The highest BCUT2D eigenvalue weighted by molar-refractivity contribution is 5.86. The van der Waals surface area contributed by atoms with Crippen LogP contribution in [0.3, 0.4) is 0 Å². The molecular formula is C19H31NO3. The Labute approximate surface area is 140 Å². The molecule has 0 N–H and O–H groups in total. The topological polar surface area (TPSA) is 67.2 Å². The molecule has 2 rings (SSSR count). The van der Waals surface area contributed by atoms with Gasteiger partial charge in [-0.2, -0.15) is 5.26 Å². The second-order valence-corrected chi connectivity index (χ2v) is 7.49. The van der Waals surface area contributed by atoms with E-state index in [4.69, 9.17) is 10.00 Å². The zero-order valence-corrected chi connectivity index (χ0v) is 15.0. The van der Waals surface area contributed by atoms with E-state index in [1.54, 1.807) is 0 Å². The molecule has 0 spiro atoms. The van der Waals surface area contributed by atoms with Crippen LogP contribution in [0.2, 0.25) is 0 Å². The molecule has 130 valence electrons. The fraction of sp³-hybridized carbons (Fsp3) is 0.842. The molecule has 0 saturated heterocycles. The molecule has 0 amide bonds. The number of nitriles is 1. The predicted octanol–water partition coefficient (Wildman–Crippen LogP) is 4.57. The number of carbonyl (C=O) groups excluding carboxylic acids is 2. The van der Waals surface area contributed by atoms with E-state index in [0.29, 0.717) is 0 Å². The molecule has 4 heteroatoms. The van der Waals surface area contributed by atoms with Crippen molar-refractivity contribution in [1.82, 2.24) is 0 Å². The van der Waals surface area contributed by atoms with Crippen LogP contribution >= 0.6 is 0 Å². The van der Waals surface area contributed by atoms with E-state index in [0.717, 1.165) is 38.5 Å². The van der Waals surface area contributed by atoms with Crippen LogP contribution in [0, 0.1) is 22.2 Å². The second-order valence-electron chi connectivity index (χ2n) is 7.49. The van der Waals surface area contributed by atoms with E-state index >= 15 is 0 Å². The predicted molar refractivity (Wildman–Crippen MR) is 89.6 cm³/mol. The number of rotatable bonds is 3. The van der Waals surface area contributed by atoms with Crippen LogP contribution in [0.5, 0.6) is 0 Å². The molecule has 23 heavy (non-hydrogen) atoms. The van der Waals surface area contributed by atoms with Gasteiger partial charge >= 0.3 is 5.97 Å². The summed E-state index contributed by atoms with van der Waals surface area (Å²) in [6, 6.07) is 1.94. The lowest BCUT2D eigenvalue weighted by atomic mass is 9.72. The summed E-state index contributed by atoms with van der Waals surface area (Å²) in [6.45, 7) is 4.02. The third-order valence-corrected chi connectivity index (χ3v) is 5.51. The first-order valence-corrected chi connectivity index (χ1v) is 8.87. The van der Waals surface area contributed by atoms with Crippen molar-refractivity contribution < 1.29 is 14.3 Å². The van der Waals surface area contributed by atoms with Crippen molar-refractivity contribution in [2.24, 2.45) is 10.8 Å².